The van der Waals surface area contributed by atoms with Crippen molar-refractivity contribution in [2.45, 2.75) is 18.2 Å². The SMILES string of the molecule is CCC(Br)c1nnc(-c2ccncc2)o1. The van der Waals surface area contributed by atoms with E-state index in [0.717, 1.165) is 12.0 Å². The molecule has 0 saturated carbocycles. The first-order chi connectivity index (χ1) is 7.31. The van der Waals surface area contributed by atoms with Gasteiger partial charge in [0.2, 0.25) is 11.8 Å². The van der Waals surface area contributed by atoms with E-state index in [9.17, 15) is 0 Å². The third kappa shape index (κ3) is 2.23. The van der Waals surface area contributed by atoms with E-state index in [0.29, 0.717) is 11.8 Å². The molecule has 0 saturated heterocycles. The molecule has 0 aliphatic carbocycles. The maximum Gasteiger partial charge on any atom is 0.247 e. The second-order valence-electron chi connectivity index (χ2n) is 3.06. The van der Waals surface area contributed by atoms with E-state index in [1.807, 2.05) is 12.1 Å². The largest absolute Gasteiger partial charge is 0.419 e. The van der Waals surface area contributed by atoms with Crippen LogP contribution in [0.15, 0.2) is 28.9 Å². The lowest BCUT2D eigenvalue weighted by Gasteiger charge is -1.97. The van der Waals surface area contributed by atoms with Gasteiger partial charge in [0.15, 0.2) is 0 Å². The summed E-state index contributed by atoms with van der Waals surface area (Å²) in [5, 5.41) is 7.96. The van der Waals surface area contributed by atoms with Gasteiger partial charge in [0.05, 0.1) is 4.83 Å². The Bertz CT molecular complexity index is 429. The molecule has 0 bridgehead atoms. The number of nitrogens with zero attached hydrogens (tertiary/aromatic N) is 3. The summed E-state index contributed by atoms with van der Waals surface area (Å²) < 4.78 is 5.53. The number of alkyl halides is 1. The zero-order valence-corrected chi connectivity index (χ0v) is 9.81. The lowest BCUT2D eigenvalue weighted by molar-refractivity contribution is 0.500. The first-order valence-corrected chi connectivity index (χ1v) is 5.60. The highest BCUT2D eigenvalue weighted by atomic mass is 79.9. The first-order valence-electron chi connectivity index (χ1n) is 4.69. The maximum atomic E-state index is 5.53. The van der Waals surface area contributed by atoms with Crippen LogP contribution in [0.2, 0.25) is 0 Å². The van der Waals surface area contributed by atoms with Crippen molar-refractivity contribution >= 4 is 15.9 Å². The standard InChI is InChI=1S/C10H10BrN3O/c1-2-8(11)10-14-13-9(15-10)7-3-5-12-6-4-7/h3-6,8H,2H2,1H3. The molecule has 0 spiro atoms. The van der Waals surface area contributed by atoms with Gasteiger partial charge in [-0.3, -0.25) is 4.98 Å². The Morgan fingerprint density at radius 1 is 1.33 bits per heavy atom. The van der Waals surface area contributed by atoms with Crippen LogP contribution in [0.1, 0.15) is 24.1 Å². The molecule has 5 heteroatoms. The van der Waals surface area contributed by atoms with Gasteiger partial charge in [-0.25, -0.2) is 0 Å². The van der Waals surface area contributed by atoms with Crippen molar-refractivity contribution in [1.29, 1.82) is 0 Å². The van der Waals surface area contributed by atoms with Gasteiger partial charge in [-0.15, -0.1) is 10.2 Å². The molecule has 2 aromatic rings. The molecular weight excluding hydrogens is 258 g/mol. The summed E-state index contributed by atoms with van der Waals surface area (Å²) in [6, 6.07) is 3.68. The second kappa shape index (κ2) is 4.53. The van der Waals surface area contributed by atoms with Gasteiger partial charge in [-0.1, -0.05) is 22.9 Å². The van der Waals surface area contributed by atoms with Crippen LogP contribution < -0.4 is 0 Å². The van der Waals surface area contributed by atoms with Crippen LogP contribution in [-0.4, -0.2) is 15.2 Å². The van der Waals surface area contributed by atoms with Crippen LogP contribution >= 0.6 is 15.9 Å². The van der Waals surface area contributed by atoms with Gasteiger partial charge in [-0.2, -0.15) is 0 Å². The normalized spacial score (nSPS) is 12.7. The third-order valence-corrected chi connectivity index (χ3v) is 3.03. The van der Waals surface area contributed by atoms with Crippen LogP contribution in [-0.2, 0) is 0 Å². The second-order valence-corrected chi connectivity index (χ2v) is 4.16. The minimum absolute atomic E-state index is 0.126. The highest BCUT2D eigenvalue weighted by Gasteiger charge is 2.14. The molecule has 15 heavy (non-hydrogen) atoms. The summed E-state index contributed by atoms with van der Waals surface area (Å²) in [6.45, 7) is 2.05. The smallest absolute Gasteiger partial charge is 0.247 e. The fourth-order valence-electron chi connectivity index (χ4n) is 1.15. The maximum absolute atomic E-state index is 5.53. The van der Waals surface area contributed by atoms with Gasteiger partial charge in [-0.05, 0) is 18.6 Å². The van der Waals surface area contributed by atoms with E-state index < -0.39 is 0 Å². The van der Waals surface area contributed by atoms with Crippen molar-refractivity contribution < 1.29 is 4.42 Å². The molecule has 0 aliphatic heterocycles. The Kier molecular flexibility index (Phi) is 3.11. The van der Waals surface area contributed by atoms with Crippen molar-refractivity contribution in [3.05, 3.63) is 30.4 Å². The number of aromatic nitrogens is 3. The van der Waals surface area contributed by atoms with Crippen LogP contribution in [0.25, 0.3) is 11.5 Å². The molecule has 0 amide bonds. The highest BCUT2D eigenvalue weighted by molar-refractivity contribution is 9.09. The van der Waals surface area contributed by atoms with Gasteiger partial charge >= 0.3 is 0 Å². The summed E-state index contributed by atoms with van der Waals surface area (Å²) in [4.78, 5) is 4.06. The topological polar surface area (TPSA) is 51.8 Å². The molecule has 0 radical (unpaired) electrons. The molecule has 2 rings (SSSR count). The molecule has 2 aromatic heterocycles. The summed E-state index contributed by atoms with van der Waals surface area (Å²) in [7, 11) is 0. The van der Waals surface area contributed by atoms with Gasteiger partial charge in [0.25, 0.3) is 0 Å². The molecule has 0 fully saturated rings. The van der Waals surface area contributed by atoms with Crippen molar-refractivity contribution in [3.8, 4) is 11.5 Å². The van der Waals surface area contributed by atoms with Crippen LogP contribution in [0.5, 0.6) is 0 Å². The Balaban J connectivity index is 2.28. The summed E-state index contributed by atoms with van der Waals surface area (Å²) in [5.41, 5.74) is 0.888. The average Bonchev–Trinajstić information content (AvgIpc) is 2.78. The minimum Gasteiger partial charge on any atom is -0.419 e. The van der Waals surface area contributed by atoms with Crippen molar-refractivity contribution in [1.82, 2.24) is 15.2 Å². The van der Waals surface area contributed by atoms with Crippen LogP contribution in [0.3, 0.4) is 0 Å². The molecule has 1 unspecified atom stereocenters. The lowest BCUT2D eigenvalue weighted by atomic mass is 10.3. The zero-order valence-electron chi connectivity index (χ0n) is 8.22. The fraction of sp³-hybridized carbons (Fsp3) is 0.300. The predicted molar refractivity (Wildman–Crippen MR) is 59.5 cm³/mol. The van der Waals surface area contributed by atoms with E-state index >= 15 is 0 Å². The van der Waals surface area contributed by atoms with E-state index in [1.54, 1.807) is 12.4 Å². The lowest BCUT2D eigenvalue weighted by Crippen LogP contribution is -1.86. The predicted octanol–water partition coefficient (Wildman–Crippen LogP) is 2.98. The number of hydrogen-bond acceptors (Lipinski definition) is 4. The molecule has 0 N–H and O–H groups in total. The summed E-state index contributed by atoms with van der Waals surface area (Å²) in [6.07, 6.45) is 4.31. The molecule has 0 aliphatic rings. The minimum atomic E-state index is 0.126. The van der Waals surface area contributed by atoms with E-state index in [4.69, 9.17) is 4.42 Å². The average molecular weight is 268 g/mol. The number of hydrogen-bond donors (Lipinski definition) is 0. The fourth-order valence-corrected chi connectivity index (χ4v) is 1.33. The molecule has 0 aromatic carbocycles. The summed E-state index contributed by atoms with van der Waals surface area (Å²) in [5.74, 6) is 1.15. The third-order valence-electron chi connectivity index (χ3n) is 1.99. The first kappa shape index (κ1) is 10.3. The molecule has 78 valence electrons. The Hall–Kier alpha value is -1.23. The Morgan fingerprint density at radius 2 is 2.07 bits per heavy atom. The molecule has 4 nitrogen and oxygen atoms in total. The number of pyridine rings is 1. The molecule has 1 atom stereocenters. The Morgan fingerprint density at radius 3 is 2.73 bits per heavy atom. The van der Waals surface area contributed by atoms with E-state index in [2.05, 4.69) is 38.0 Å². The quantitative estimate of drug-likeness (QED) is 0.803. The monoisotopic (exact) mass is 267 g/mol. The van der Waals surface area contributed by atoms with Crippen molar-refractivity contribution in [2.24, 2.45) is 0 Å². The van der Waals surface area contributed by atoms with Crippen LogP contribution in [0, 0.1) is 0 Å². The molecule has 2 heterocycles. The van der Waals surface area contributed by atoms with E-state index in [1.165, 1.54) is 0 Å². The molecular formula is C10H10BrN3O. The van der Waals surface area contributed by atoms with Gasteiger partial charge < -0.3 is 4.42 Å². The van der Waals surface area contributed by atoms with Crippen molar-refractivity contribution in [2.75, 3.05) is 0 Å². The Labute approximate surface area is 95.9 Å². The van der Waals surface area contributed by atoms with Crippen molar-refractivity contribution in [3.63, 3.8) is 0 Å². The highest BCUT2D eigenvalue weighted by Crippen LogP contribution is 2.27. The number of rotatable bonds is 3. The summed E-state index contributed by atoms with van der Waals surface area (Å²) >= 11 is 3.46. The van der Waals surface area contributed by atoms with Gasteiger partial charge in [0.1, 0.15) is 0 Å². The zero-order chi connectivity index (χ0) is 10.7. The number of halogens is 1. The van der Waals surface area contributed by atoms with E-state index in [-0.39, 0.29) is 4.83 Å². The van der Waals surface area contributed by atoms with Crippen LogP contribution in [0.4, 0.5) is 0 Å². The van der Waals surface area contributed by atoms with Gasteiger partial charge in [0, 0.05) is 18.0 Å².